The van der Waals surface area contributed by atoms with Gasteiger partial charge in [0.25, 0.3) is 0 Å². The molecule has 144 valence electrons. The summed E-state index contributed by atoms with van der Waals surface area (Å²) >= 11 is 1.63. The fourth-order valence-electron chi connectivity index (χ4n) is 3.89. The van der Waals surface area contributed by atoms with Crippen LogP contribution >= 0.6 is 11.3 Å². The van der Waals surface area contributed by atoms with Crippen LogP contribution in [0.25, 0.3) is 10.3 Å². The summed E-state index contributed by atoms with van der Waals surface area (Å²) in [4.78, 5) is 28.7. The predicted octanol–water partition coefficient (Wildman–Crippen LogP) is 3.42. The number of rotatable bonds is 5. The van der Waals surface area contributed by atoms with Gasteiger partial charge in [0.2, 0.25) is 5.91 Å². The zero-order valence-corrected chi connectivity index (χ0v) is 16.7. The van der Waals surface area contributed by atoms with Gasteiger partial charge >= 0.3 is 0 Å². The van der Waals surface area contributed by atoms with E-state index in [1.165, 1.54) is 12.8 Å². The number of carbonyl (C=O) groups is 1. The summed E-state index contributed by atoms with van der Waals surface area (Å²) in [6, 6.07) is 9.85. The highest BCUT2D eigenvalue weighted by Gasteiger charge is 2.43. The molecule has 0 bridgehead atoms. The average Bonchev–Trinajstić information content (AvgIpc) is 3.12. The smallest absolute Gasteiger partial charge is 0.243 e. The van der Waals surface area contributed by atoms with Crippen molar-refractivity contribution in [1.29, 1.82) is 0 Å². The second kappa shape index (κ2) is 6.81. The minimum atomic E-state index is -0.169. The first-order valence-corrected chi connectivity index (χ1v) is 10.7. The van der Waals surface area contributed by atoms with Gasteiger partial charge in [0, 0.05) is 18.5 Å². The van der Waals surface area contributed by atoms with Gasteiger partial charge in [-0.3, -0.25) is 4.79 Å². The summed E-state index contributed by atoms with van der Waals surface area (Å²) in [5.74, 6) is 0.0704. The summed E-state index contributed by atoms with van der Waals surface area (Å²) < 4.78 is 1.08. The molecule has 0 spiro atoms. The third-order valence-electron chi connectivity index (χ3n) is 5.86. The van der Waals surface area contributed by atoms with Gasteiger partial charge in [-0.15, -0.1) is 0 Å². The van der Waals surface area contributed by atoms with Crippen LogP contribution in [0, 0.1) is 0 Å². The molecule has 7 heteroatoms. The fraction of sp³-hybridized carbons (Fsp3) is 0.429. The van der Waals surface area contributed by atoms with Crippen LogP contribution in [0.5, 0.6) is 0 Å². The van der Waals surface area contributed by atoms with E-state index in [-0.39, 0.29) is 17.4 Å². The number of benzene rings is 1. The van der Waals surface area contributed by atoms with Crippen LogP contribution in [-0.4, -0.2) is 33.4 Å². The Morgan fingerprint density at radius 3 is 2.89 bits per heavy atom. The van der Waals surface area contributed by atoms with Crippen molar-refractivity contribution in [2.45, 2.75) is 50.6 Å². The predicted molar refractivity (Wildman–Crippen MR) is 110 cm³/mol. The fourth-order valence-corrected chi connectivity index (χ4v) is 5.13. The van der Waals surface area contributed by atoms with Crippen molar-refractivity contribution in [2.75, 3.05) is 11.4 Å². The molecule has 0 unspecified atom stereocenters. The normalized spacial score (nSPS) is 20.5. The second-order valence-corrected chi connectivity index (χ2v) is 8.96. The van der Waals surface area contributed by atoms with Crippen LogP contribution in [0.2, 0.25) is 0 Å². The standard InChI is InChI=1S/C21H23N5OS/c1-21(9-10-21)17-16-18(24-13-23-17)25-20(28-16)26-11-5-8-15(26)19(27)22-12-14-6-3-2-4-7-14/h2-4,6-7,13,15H,5,8-12H2,1H3,(H,22,27)/t15-/m1/s1. The van der Waals surface area contributed by atoms with E-state index in [1.807, 2.05) is 30.3 Å². The molecule has 1 aliphatic carbocycles. The first-order chi connectivity index (χ1) is 13.6. The minimum Gasteiger partial charge on any atom is -0.350 e. The van der Waals surface area contributed by atoms with Gasteiger partial charge in [-0.05, 0) is 31.2 Å². The second-order valence-electron chi connectivity index (χ2n) is 7.99. The van der Waals surface area contributed by atoms with E-state index in [1.54, 1.807) is 17.7 Å². The van der Waals surface area contributed by atoms with Gasteiger partial charge in [-0.2, -0.15) is 4.98 Å². The molecule has 3 aromatic rings. The van der Waals surface area contributed by atoms with Gasteiger partial charge in [0.05, 0.1) is 10.4 Å². The van der Waals surface area contributed by atoms with E-state index in [0.717, 1.165) is 46.1 Å². The number of hydrogen-bond donors (Lipinski definition) is 1. The lowest BCUT2D eigenvalue weighted by atomic mass is 10.1. The summed E-state index contributed by atoms with van der Waals surface area (Å²) in [6.07, 6.45) is 5.81. The van der Waals surface area contributed by atoms with Crippen molar-refractivity contribution in [3.8, 4) is 0 Å². The SMILES string of the molecule is CC1(c2ncnc3nc(N4CCC[C@@H]4C(=O)NCc4ccccc4)sc23)CC1. The Morgan fingerprint density at radius 2 is 2.11 bits per heavy atom. The molecule has 1 saturated carbocycles. The first kappa shape index (κ1) is 17.6. The van der Waals surface area contributed by atoms with Gasteiger partial charge in [0.15, 0.2) is 10.8 Å². The maximum absolute atomic E-state index is 12.8. The molecule has 1 N–H and O–H groups in total. The number of fused-ring (bicyclic) bond motifs is 1. The molecular weight excluding hydrogens is 370 g/mol. The van der Waals surface area contributed by atoms with Crippen molar-refractivity contribution < 1.29 is 4.79 Å². The third-order valence-corrected chi connectivity index (χ3v) is 6.95. The highest BCUT2D eigenvalue weighted by atomic mass is 32.1. The Morgan fingerprint density at radius 1 is 1.29 bits per heavy atom. The zero-order valence-electron chi connectivity index (χ0n) is 15.9. The lowest BCUT2D eigenvalue weighted by molar-refractivity contribution is -0.122. The minimum absolute atomic E-state index is 0.0704. The number of hydrogen-bond acceptors (Lipinski definition) is 6. The quantitative estimate of drug-likeness (QED) is 0.719. The molecule has 2 aromatic heterocycles. The molecule has 5 rings (SSSR count). The van der Waals surface area contributed by atoms with E-state index in [2.05, 4.69) is 27.1 Å². The topological polar surface area (TPSA) is 71.0 Å². The summed E-state index contributed by atoms with van der Waals surface area (Å²) in [5, 5.41) is 3.98. The van der Waals surface area contributed by atoms with Crippen LogP contribution < -0.4 is 10.2 Å². The monoisotopic (exact) mass is 393 g/mol. The number of amides is 1. The van der Waals surface area contributed by atoms with Crippen LogP contribution in [0.15, 0.2) is 36.7 Å². The third kappa shape index (κ3) is 3.13. The Kier molecular flexibility index (Phi) is 4.27. The maximum Gasteiger partial charge on any atom is 0.243 e. The molecule has 1 amide bonds. The van der Waals surface area contributed by atoms with E-state index < -0.39 is 0 Å². The highest BCUT2D eigenvalue weighted by Crippen LogP contribution is 2.50. The van der Waals surface area contributed by atoms with Gasteiger partial charge in [0.1, 0.15) is 12.4 Å². The zero-order chi connectivity index (χ0) is 19.1. The molecule has 2 fully saturated rings. The summed E-state index contributed by atoms with van der Waals surface area (Å²) in [5.41, 5.74) is 3.15. The van der Waals surface area contributed by atoms with Crippen LogP contribution in [0.4, 0.5) is 5.13 Å². The van der Waals surface area contributed by atoms with Crippen molar-refractivity contribution >= 4 is 32.7 Å². The molecule has 2 aliphatic rings. The Bertz CT molecular complexity index is 1010. The average molecular weight is 394 g/mol. The number of anilines is 1. The molecule has 1 saturated heterocycles. The number of nitrogens with zero attached hydrogens (tertiary/aromatic N) is 4. The molecule has 6 nitrogen and oxygen atoms in total. The maximum atomic E-state index is 12.8. The van der Waals surface area contributed by atoms with Gasteiger partial charge in [-0.25, -0.2) is 9.97 Å². The van der Waals surface area contributed by atoms with Crippen LogP contribution in [0.3, 0.4) is 0 Å². The molecular formula is C21H23N5OS. The number of nitrogens with one attached hydrogen (secondary N) is 1. The van der Waals surface area contributed by atoms with Crippen molar-refractivity contribution in [3.63, 3.8) is 0 Å². The molecule has 3 heterocycles. The Hall–Kier alpha value is -2.54. The number of thiazole rings is 1. The first-order valence-electron chi connectivity index (χ1n) is 9.84. The van der Waals surface area contributed by atoms with E-state index in [4.69, 9.17) is 4.98 Å². The molecule has 1 atom stereocenters. The Balaban J connectivity index is 1.37. The van der Waals surface area contributed by atoms with E-state index in [0.29, 0.717) is 6.54 Å². The molecule has 1 aromatic carbocycles. The van der Waals surface area contributed by atoms with Crippen molar-refractivity contribution in [3.05, 3.63) is 47.9 Å². The molecule has 0 radical (unpaired) electrons. The van der Waals surface area contributed by atoms with Crippen molar-refractivity contribution in [2.24, 2.45) is 0 Å². The lowest BCUT2D eigenvalue weighted by Crippen LogP contribution is -2.43. The number of carbonyl (C=O) groups excluding carboxylic acids is 1. The largest absolute Gasteiger partial charge is 0.350 e. The Labute approximate surface area is 168 Å². The van der Waals surface area contributed by atoms with E-state index in [9.17, 15) is 4.79 Å². The lowest BCUT2D eigenvalue weighted by Gasteiger charge is -2.23. The molecule has 28 heavy (non-hydrogen) atoms. The highest BCUT2D eigenvalue weighted by molar-refractivity contribution is 7.22. The van der Waals surface area contributed by atoms with Gasteiger partial charge in [-0.1, -0.05) is 48.6 Å². The molecule has 1 aliphatic heterocycles. The van der Waals surface area contributed by atoms with Crippen LogP contribution in [-0.2, 0) is 16.8 Å². The van der Waals surface area contributed by atoms with Gasteiger partial charge < -0.3 is 10.2 Å². The van der Waals surface area contributed by atoms with E-state index >= 15 is 0 Å². The van der Waals surface area contributed by atoms with Crippen molar-refractivity contribution in [1.82, 2.24) is 20.3 Å². The summed E-state index contributed by atoms with van der Waals surface area (Å²) in [6.45, 7) is 3.66. The summed E-state index contributed by atoms with van der Waals surface area (Å²) in [7, 11) is 0. The number of aromatic nitrogens is 3. The van der Waals surface area contributed by atoms with Crippen LogP contribution in [0.1, 0.15) is 43.9 Å².